The Balaban J connectivity index is 2.01. The summed E-state index contributed by atoms with van der Waals surface area (Å²) in [6, 6.07) is 8.41. The Morgan fingerprint density at radius 1 is 1.43 bits per heavy atom. The van der Waals surface area contributed by atoms with Gasteiger partial charge >= 0.3 is 6.09 Å². The number of benzene rings is 1. The number of hydrogen-bond acceptors (Lipinski definition) is 1. The summed E-state index contributed by atoms with van der Waals surface area (Å²) in [6.07, 6.45) is 0.218. The molecule has 1 aromatic rings. The summed E-state index contributed by atoms with van der Waals surface area (Å²) in [7, 11) is 0. The molecule has 0 radical (unpaired) electrons. The predicted molar refractivity (Wildman–Crippen MR) is 51.2 cm³/mol. The van der Waals surface area contributed by atoms with Gasteiger partial charge in [0.15, 0.2) is 0 Å². The summed E-state index contributed by atoms with van der Waals surface area (Å²) in [5.74, 6) is 0.469. The SMILES string of the molecule is O=C(O)N1Cc2ccccc2C2CC21. The van der Waals surface area contributed by atoms with Crippen LogP contribution in [0.25, 0.3) is 0 Å². The van der Waals surface area contributed by atoms with Gasteiger partial charge in [0.1, 0.15) is 0 Å². The maximum absolute atomic E-state index is 10.9. The molecule has 3 heteroatoms. The van der Waals surface area contributed by atoms with E-state index in [-0.39, 0.29) is 6.04 Å². The Morgan fingerprint density at radius 3 is 3.00 bits per heavy atom. The molecule has 3 rings (SSSR count). The summed E-state index contributed by atoms with van der Waals surface area (Å²) in [4.78, 5) is 12.5. The highest BCUT2D eigenvalue weighted by molar-refractivity contribution is 5.67. The average Bonchev–Trinajstić information content (AvgIpc) is 2.95. The van der Waals surface area contributed by atoms with Crippen molar-refractivity contribution in [3.63, 3.8) is 0 Å². The molecule has 0 aromatic heterocycles. The molecule has 72 valence electrons. The molecule has 0 spiro atoms. The molecule has 1 aromatic carbocycles. The molecule has 1 fully saturated rings. The lowest BCUT2D eigenvalue weighted by Gasteiger charge is -2.25. The van der Waals surface area contributed by atoms with Crippen molar-refractivity contribution in [2.24, 2.45) is 0 Å². The smallest absolute Gasteiger partial charge is 0.407 e. The molecule has 1 heterocycles. The van der Waals surface area contributed by atoms with Crippen LogP contribution in [0.2, 0.25) is 0 Å². The second kappa shape index (κ2) is 2.50. The molecule has 1 aliphatic carbocycles. The van der Waals surface area contributed by atoms with E-state index in [1.165, 1.54) is 11.1 Å². The van der Waals surface area contributed by atoms with Crippen LogP contribution in [0, 0.1) is 0 Å². The largest absolute Gasteiger partial charge is 0.465 e. The van der Waals surface area contributed by atoms with Gasteiger partial charge in [0, 0.05) is 18.5 Å². The molecule has 1 N–H and O–H groups in total. The molecule has 1 aliphatic heterocycles. The third-order valence-electron chi connectivity index (χ3n) is 3.20. The van der Waals surface area contributed by atoms with Gasteiger partial charge in [-0.2, -0.15) is 0 Å². The van der Waals surface area contributed by atoms with Crippen LogP contribution in [-0.2, 0) is 6.54 Å². The Hall–Kier alpha value is -1.51. The summed E-state index contributed by atoms with van der Waals surface area (Å²) in [5, 5.41) is 8.99. The quantitative estimate of drug-likeness (QED) is 0.678. The minimum atomic E-state index is -0.785. The molecule has 2 atom stereocenters. The molecule has 14 heavy (non-hydrogen) atoms. The van der Waals surface area contributed by atoms with Gasteiger partial charge in [-0.15, -0.1) is 0 Å². The fourth-order valence-corrected chi connectivity index (χ4v) is 2.41. The second-order valence-corrected chi connectivity index (χ2v) is 4.02. The molecule has 3 nitrogen and oxygen atoms in total. The minimum absolute atomic E-state index is 0.252. The summed E-state index contributed by atoms with van der Waals surface area (Å²) in [5.41, 5.74) is 2.53. The first-order valence-corrected chi connectivity index (χ1v) is 4.85. The first-order valence-electron chi connectivity index (χ1n) is 4.85. The van der Waals surface area contributed by atoms with E-state index in [1.54, 1.807) is 4.90 Å². The van der Waals surface area contributed by atoms with Crippen LogP contribution in [0.3, 0.4) is 0 Å². The highest BCUT2D eigenvalue weighted by Gasteiger charge is 2.48. The van der Waals surface area contributed by atoms with E-state index in [0.717, 1.165) is 6.42 Å². The fourth-order valence-electron chi connectivity index (χ4n) is 2.41. The molecular weight excluding hydrogens is 178 g/mol. The maximum atomic E-state index is 10.9. The fraction of sp³-hybridized carbons (Fsp3) is 0.364. The summed E-state index contributed by atoms with van der Waals surface area (Å²) < 4.78 is 0. The van der Waals surface area contributed by atoms with Crippen LogP contribution >= 0.6 is 0 Å². The summed E-state index contributed by atoms with van der Waals surface area (Å²) >= 11 is 0. The van der Waals surface area contributed by atoms with Crippen molar-refractivity contribution in [3.8, 4) is 0 Å². The number of carboxylic acid groups (broad SMARTS) is 1. The van der Waals surface area contributed by atoms with Crippen LogP contribution in [0.15, 0.2) is 24.3 Å². The lowest BCUT2D eigenvalue weighted by molar-refractivity contribution is 0.135. The van der Waals surface area contributed by atoms with Crippen LogP contribution in [-0.4, -0.2) is 22.1 Å². The molecule has 2 unspecified atom stereocenters. The topological polar surface area (TPSA) is 40.5 Å². The van der Waals surface area contributed by atoms with Gasteiger partial charge in [-0.25, -0.2) is 4.79 Å². The zero-order valence-corrected chi connectivity index (χ0v) is 7.68. The normalized spacial score (nSPS) is 27.9. The van der Waals surface area contributed by atoms with Crippen molar-refractivity contribution in [3.05, 3.63) is 35.4 Å². The van der Waals surface area contributed by atoms with Crippen LogP contribution in [0.5, 0.6) is 0 Å². The van der Waals surface area contributed by atoms with E-state index in [9.17, 15) is 4.79 Å². The third-order valence-corrected chi connectivity index (χ3v) is 3.20. The van der Waals surface area contributed by atoms with E-state index >= 15 is 0 Å². The van der Waals surface area contributed by atoms with Crippen LogP contribution in [0.1, 0.15) is 23.5 Å². The van der Waals surface area contributed by atoms with E-state index in [2.05, 4.69) is 6.07 Å². The van der Waals surface area contributed by atoms with Gasteiger partial charge in [0.2, 0.25) is 0 Å². The minimum Gasteiger partial charge on any atom is -0.465 e. The Labute approximate surface area is 82.0 Å². The highest BCUT2D eigenvalue weighted by Crippen LogP contribution is 2.49. The van der Waals surface area contributed by atoms with E-state index in [0.29, 0.717) is 12.5 Å². The Bertz CT molecular complexity index is 402. The van der Waals surface area contributed by atoms with Gasteiger partial charge in [-0.1, -0.05) is 24.3 Å². The Kier molecular flexibility index (Phi) is 1.40. The molecule has 1 saturated carbocycles. The van der Waals surface area contributed by atoms with Crippen molar-refractivity contribution in [2.45, 2.75) is 24.9 Å². The lowest BCUT2D eigenvalue weighted by Crippen LogP contribution is -2.34. The van der Waals surface area contributed by atoms with Gasteiger partial charge < -0.3 is 10.0 Å². The summed E-state index contributed by atoms with van der Waals surface area (Å²) in [6.45, 7) is 0.562. The first-order chi connectivity index (χ1) is 6.77. The number of amides is 1. The number of fused-ring (bicyclic) bond motifs is 3. The standard InChI is InChI=1S/C11H11NO2/c13-11(14)12-6-7-3-1-2-4-8(7)9-5-10(9)12/h1-4,9-10H,5-6H2,(H,13,14). The van der Waals surface area contributed by atoms with Crippen molar-refractivity contribution in [1.29, 1.82) is 0 Å². The number of hydrogen-bond donors (Lipinski definition) is 1. The van der Waals surface area contributed by atoms with Crippen molar-refractivity contribution >= 4 is 6.09 Å². The predicted octanol–water partition coefficient (Wildman–Crippen LogP) is 2.04. The number of rotatable bonds is 0. The molecule has 1 amide bonds. The van der Waals surface area contributed by atoms with Crippen LogP contribution in [0.4, 0.5) is 4.79 Å². The van der Waals surface area contributed by atoms with E-state index < -0.39 is 6.09 Å². The van der Waals surface area contributed by atoms with Crippen LogP contribution < -0.4 is 0 Å². The van der Waals surface area contributed by atoms with E-state index in [1.807, 2.05) is 18.2 Å². The van der Waals surface area contributed by atoms with E-state index in [4.69, 9.17) is 5.11 Å². The molecule has 0 saturated heterocycles. The van der Waals surface area contributed by atoms with Gasteiger partial charge in [-0.05, 0) is 17.5 Å². The monoisotopic (exact) mass is 189 g/mol. The van der Waals surface area contributed by atoms with Crippen molar-refractivity contribution < 1.29 is 9.90 Å². The Morgan fingerprint density at radius 2 is 2.21 bits per heavy atom. The number of carbonyl (C=O) groups is 1. The highest BCUT2D eigenvalue weighted by atomic mass is 16.4. The maximum Gasteiger partial charge on any atom is 0.407 e. The second-order valence-electron chi connectivity index (χ2n) is 4.02. The zero-order valence-electron chi connectivity index (χ0n) is 7.68. The average molecular weight is 189 g/mol. The van der Waals surface area contributed by atoms with Crippen molar-refractivity contribution in [2.75, 3.05) is 0 Å². The molecule has 2 aliphatic rings. The van der Waals surface area contributed by atoms with Gasteiger partial charge in [0.05, 0.1) is 0 Å². The van der Waals surface area contributed by atoms with Gasteiger partial charge in [-0.3, -0.25) is 0 Å². The third kappa shape index (κ3) is 0.953. The molecule has 0 bridgehead atoms. The number of nitrogens with zero attached hydrogens (tertiary/aromatic N) is 1. The zero-order chi connectivity index (χ0) is 9.71. The van der Waals surface area contributed by atoms with Gasteiger partial charge in [0.25, 0.3) is 0 Å². The van der Waals surface area contributed by atoms with Crippen molar-refractivity contribution in [1.82, 2.24) is 4.90 Å². The molecular formula is C11H11NO2. The lowest BCUT2D eigenvalue weighted by atomic mass is 10.00. The first kappa shape index (κ1) is 7.85.